The van der Waals surface area contributed by atoms with Crippen LogP contribution in [-0.4, -0.2) is 48.6 Å². The van der Waals surface area contributed by atoms with Gasteiger partial charge in [0.05, 0.1) is 0 Å². The molecule has 0 fully saturated rings. The van der Waals surface area contributed by atoms with Gasteiger partial charge in [0.2, 0.25) is 0 Å². The van der Waals surface area contributed by atoms with Gasteiger partial charge in [0.25, 0.3) is 0 Å². The van der Waals surface area contributed by atoms with Crippen LogP contribution in [0, 0.1) is 0 Å². The molecule has 4 nitrogen and oxygen atoms in total. The van der Waals surface area contributed by atoms with Gasteiger partial charge in [-0.1, -0.05) is 0 Å². The number of nitrogens with two attached hydrogens (primary N) is 1. The van der Waals surface area contributed by atoms with Crippen LogP contribution < -0.4 is 5.73 Å². The van der Waals surface area contributed by atoms with Crippen LogP contribution in [0.4, 0.5) is 0 Å². The van der Waals surface area contributed by atoms with Gasteiger partial charge < -0.3 is 0 Å². The molecule has 1 radical (unpaired) electrons. The molecule has 0 amide bonds. The molecule has 11 heavy (non-hydrogen) atoms. The predicted octanol–water partition coefficient (Wildman–Crippen LogP) is -0.221. The van der Waals surface area contributed by atoms with Crippen molar-refractivity contribution in [1.82, 2.24) is 0 Å². The molecular formula is C5H12NO3SSe. The summed E-state index contributed by atoms with van der Waals surface area (Å²) in [5.41, 5.74) is 5.21. The van der Waals surface area contributed by atoms with Gasteiger partial charge in [-0.3, -0.25) is 0 Å². The molecule has 0 spiro atoms. The van der Waals surface area contributed by atoms with Crippen molar-refractivity contribution in [1.29, 1.82) is 0 Å². The molecule has 0 aromatic heterocycles. The van der Waals surface area contributed by atoms with Gasteiger partial charge in [0.15, 0.2) is 0 Å². The average molecular weight is 245 g/mol. The second-order valence-corrected chi connectivity index (χ2v) is 9.24. The van der Waals surface area contributed by atoms with Crippen LogP contribution in [0.2, 0.25) is 0 Å². The van der Waals surface area contributed by atoms with Crippen molar-refractivity contribution < 1.29 is 14.5 Å². The normalized spacial score (nSPS) is 21.8. The number of rotatable bonds is 4. The third kappa shape index (κ3) is 6.65. The molecule has 2 atom stereocenters. The van der Waals surface area contributed by atoms with Gasteiger partial charge in [-0.15, -0.1) is 0 Å². The fraction of sp³-hybridized carbons (Fsp3) is 0.800. The van der Waals surface area contributed by atoms with E-state index in [1.54, 1.807) is 6.26 Å². The van der Waals surface area contributed by atoms with E-state index >= 15 is 0 Å². The second-order valence-electron chi connectivity index (χ2n) is 2.40. The third-order valence-electron chi connectivity index (χ3n) is 1.12. The van der Waals surface area contributed by atoms with Crippen LogP contribution in [0.15, 0.2) is 0 Å². The molecule has 0 saturated heterocycles. The number of hydrogen-bond donors (Lipinski definition) is 3. The van der Waals surface area contributed by atoms with Gasteiger partial charge in [-0.2, -0.15) is 0 Å². The van der Waals surface area contributed by atoms with E-state index in [2.05, 4.69) is 14.9 Å². The minimum atomic E-state index is -1.72. The van der Waals surface area contributed by atoms with Gasteiger partial charge in [-0.05, 0) is 0 Å². The number of aliphatic carboxylic acids is 1. The zero-order chi connectivity index (χ0) is 9.07. The molecule has 0 aromatic carbocycles. The van der Waals surface area contributed by atoms with Crippen LogP contribution in [0.5, 0.6) is 0 Å². The molecule has 0 rings (SSSR count). The molecule has 0 saturated carbocycles. The Morgan fingerprint density at radius 2 is 2.27 bits per heavy atom. The number of carboxylic acids is 1. The van der Waals surface area contributed by atoms with E-state index < -0.39 is 20.7 Å². The van der Waals surface area contributed by atoms with Gasteiger partial charge in [-0.25, -0.2) is 0 Å². The van der Waals surface area contributed by atoms with E-state index in [4.69, 9.17) is 10.8 Å². The Morgan fingerprint density at radius 1 is 1.82 bits per heavy atom. The second kappa shape index (κ2) is 4.33. The molecule has 0 aliphatic heterocycles. The van der Waals surface area contributed by atoms with Crippen LogP contribution >= 0.6 is 8.73 Å². The Balaban J connectivity index is 3.63. The van der Waals surface area contributed by atoms with Crippen molar-refractivity contribution in [2.75, 3.05) is 12.0 Å². The zero-order valence-corrected chi connectivity index (χ0v) is 8.72. The first-order chi connectivity index (χ1) is 4.83. The van der Waals surface area contributed by atoms with Crippen molar-refractivity contribution in [2.24, 2.45) is 5.73 Å². The standard InChI is InChI=1S/C5H12NO3SSe/c1-10(9,11)3-2-4(6)5(7)8/h4,9H,2-3,6H2,1H3,(H,7,8)/t4-/m0/s1. The summed E-state index contributed by atoms with van der Waals surface area (Å²) in [6.45, 7) is 0. The summed E-state index contributed by atoms with van der Waals surface area (Å²) in [6.07, 6.45) is 1.96. The molecule has 4 N–H and O–H groups in total. The summed E-state index contributed by atoms with van der Waals surface area (Å²) >= 11 is 2.60. The predicted molar refractivity (Wildman–Crippen MR) is 47.0 cm³/mol. The van der Waals surface area contributed by atoms with Gasteiger partial charge in [0.1, 0.15) is 0 Å². The Kier molecular flexibility index (Phi) is 4.43. The number of carbonyl (C=O) groups is 1. The van der Waals surface area contributed by atoms with Gasteiger partial charge >= 0.3 is 74.2 Å². The first-order valence-corrected chi connectivity index (χ1v) is 7.19. The minimum absolute atomic E-state index is 0.310. The van der Waals surface area contributed by atoms with Gasteiger partial charge in [0, 0.05) is 0 Å². The summed E-state index contributed by atoms with van der Waals surface area (Å²) in [6, 6.07) is -0.859. The third-order valence-corrected chi connectivity index (χ3v) is 3.17. The summed E-state index contributed by atoms with van der Waals surface area (Å²) < 4.78 is 9.23. The van der Waals surface area contributed by atoms with Crippen LogP contribution in [0.1, 0.15) is 6.42 Å². The number of hydrogen-bond acceptors (Lipinski definition) is 3. The zero-order valence-electron chi connectivity index (χ0n) is 6.19. The molecular weight excluding hydrogens is 233 g/mol. The van der Waals surface area contributed by atoms with E-state index in [-0.39, 0.29) is 0 Å². The van der Waals surface area contributed by atoms with E-state index in [0.29, 0.717) is 12.2 Å². The molecule has 0 aliphatic rings. The van der Waals surface area contributed by atoms with Crippen LogP contribution in [0.3, 0.4) is 0 Å². The fourth-order valence-electron chi connectivity index (χ4n) is 0.469. The summed E-state index contributed by atoms with van der Waals surface area (Å²) in [7, 11) is -1.72. The van der Waals surface area contributed by atoms with Crippen molar-refractivity contribution in [3.8, 4) is 0 Å². The Bertz CT molecular complexity index is 147. The Labute approximate surface area is 74.6 Å². The van der Waals surface area contributed by atoms with E-state index in [0.717, 1.165) is 0 Å². The molecule has 6 heteroatoms. The monoisotopic (exact) mass is 246 g/mol. The average Bonchev–Trinajstić information content (AvgIpc) is 1.80. The fourth-order valence-corrected chi connectivity index (χ4v) is 1.77. The SMILES string of the molecule is CS(O)([Se])CC[C@H](N)C(=O)O. The molecule has 1 unspecified atom stereocenters. The Hall–Kier alpha value is 0.259. The quantitative estimate of drug-likeness (QED) is 0.598. The van der Waals surface area contributed by atoms with E-state index in [1.165, 1.54) is 0 Å². The maximum atomic E-state index is 10.2. The van der Waals surface area contributed by atoms with Crippen LogP contribution in [-0.2, 0) is 4.79 Å². The van der Waals surface area contributed by atoms with Crippen molar-refractivity contribution >= 4 is 29.6 Å². The molecule has 0 heterocycles. The Morgan fingerprint density at radius 3 is 2.55 bits per heavy atom. The van der Waals surface area contributed by atoms with Crippen molar-refractivity contribution in [2.45, 2.75) is 12.5 Å². The van der Waals surface area contributed by atoms with E-state index in [1.807, 2.05) is 0 Å². The summed E-state index contributed by atoms with van der Waals surface area (Å²) in [4.78, 5) is 10.2. The topological polar surface area (TPSA) is 83.5 Å². The summed E-state index contributed by atoms with van der Waals surface area (Å²) in [5, 5.41) is 8.37. The van der Waals surface area contributed by atoms with Crippen molar-refractivity contribution in [3.63, 3.8) is 0 Å². The van der Waals surface area contributed by atoms with Crippen molar-refractivity contribution in [3.05, 3.63) is 0 Å². The maximum absolute atomic E-state index is 10.2. The first-order valence-electron chi connectivity index (χ1n) is 3.00. The van der Waals surface area contributed by atoms with E-state index in [9.17, 15) is 9.35 Å². The molecule has 0 aliphatic carbocycles. The molecule has 67 valence electrons. The summed E-state index contributed by atoms with van der Waals surface area (Å²) in [5.74, 6) is -0.589. The first kappa shape index (κ1) is 11.3. The molecule has 0 aromatic rings. The molecule has 0 bridgehead atoms. The van der Waals surface area contributed by atoms with Crippen LogP contribution in [0.25, 0.3) is 0 Å². The number of carboxylic acid groups (broad SMARTS) is 1.